The van der Waals surface area contributed by atoms with Gasteiger partial charge in [0.1, 0.15) is 6.04 Å². The van der Waals surface area contributed by atoms with Crippen molar-refractivity contribution in [1.82, 2.24) is 5.32 Å². The summed E-state index contributed by atoms with van der Waals surface area (Å²) in [6.07, 6.45) is 3.37. The van der Waals surface area contributed by atoms with Crippen molar-refractivity contribution in [3.05, 3.63) is 29.8 Å². The molecule has 2 aliphatic heterocycles. The van der Waals surface area contributed by atoms with Crippen molar-refractivity contribution in [3.8, 4) is 0 Å². The van der Waals surface area contributed by atoms with Crippen LogP contribution in [0.5, 0.6) is 0 Å². The Morgan fingerprint density at radius 2 is 2.00 bits per heavy atom. The third kappa shape index (κ3) is 4.11. The van der Waals surface area contributed by atoms with Gasteiger partial charge >= 0.3 is 5.97 Å². The molecule has 0 spiro atoms. The largest absolute Gasteiger partial charge is 0.480 e. The van der Waals surface area contributed by atoms with Crippen LogP contribution in [0.3, 0.4) is 0 Å². The Kier molecular flexibility index (Phi) is 5.92. The van der Waals surface area contributed by atoms with Gasteiger partial charge in [0, 0.05) is 25.6 Å². The minimum atomic E-state index is -0.957. The van der Waals surface area contributed by atoms with Crippen molar-refractivity contribution in [1.29, 1.82) is 0 Å². The number of carboxylic acid groups (broad SMARTS) is 1. The fourth-order valence-electron chi connectivity index (χ4n) is 2.94. The Morgan fingerprint density at radius 1 is 1.29 bits per heavy atom. The molecule has 2 aliphatic rings. The Hall–Kier alpha value is -2.41. The Bertz CT molecular complexity index is 632. The summed E-state index contributed by atoms with van der Waals surface area (Å²) in [6, 6.07) is 6.28. The van der Waals surface area contributed by atoms with Crippen molar-refractivity contribution in [2.24, 2.45) is 5.73 Å². The van der Waals surface area contributed by atoms with E-state index in [0.717, 1.165) is 37.1 Å². The van der Waals surface area contributed by atoms with Crippen molar-refractivity contribution in [2.45, 2.75) is 44.7 Å². The quantitative estimate of drug-likeness (QED) is 0.699. The summed E-state index contributed by atoms with van der Waals surface area (Å²) in [5.74, 6) is -1.18. The zero-order valence-corrected chi connectivity index (χ0v) is 13.7. The fraction of sp³-hybridized carbons (Fsp3) is 0.471. The molecule has 0 aromatic heterocycles. The lowest BCUT2D eigenvalue weighted by atomic mass is 10.1. The third-order valence-electron chi connectivity index (χ3n) is 4.18. The van der Waals surface area contributed by atoms with Crippen LogP contribution in [-0.2, 0) is 20.8 Å². The number of amides is 2. The number of hydrogen-bond acceptors (Lipinski definition) is 4. The molecule has 4 N–H and O–H groups in total. The summed E-state index contributed by atoms with van der Waals surface area (Å²) in [4.78, 5) is 34.5. The molecule has 2 amide bonds. The second-order valence-electron chi connectivity index (χ2n) is 5.97. The first-order valence-corrected chi connectivity index (χ1v) is 8.05. The molecule has 1 aromatic carbocycles. The number of rotatable bonds is 1. The molecule has 7 nitrogen and oxygen atoms in total. The maximum absolute atomic E-state index is 11.4. The summed E-state index contributed by atoms with van der Waals surface area (Å²) < 4.78 is 0. The van der Waals surface area contributed by atoms with Gasteiger partial charge in [0.25, 0.3) is 0 Å². The topological polar surface area (TPSA) is 113 Å². The minimum absolute atomic E-state index is 0.00694. The number of fused-ring (bicyclic) bond motifs is 1. The predicted octanol–water partition coefficient (Wildman–Crippen LogP) is 0.663. The highest BCUT2D eigenvalue weighted by Gasteiger charge is 2.36. The molecule has 2 heterocycles. The van der Waals surface area contributed by atoms with Gasteiger partial charge in [-0.15, -0.1) is 0 Å². The van der Waals surface area contributed by atoms with Crippen LogP contribution in [0.4, 0.5) is 5.69 Å². The van der Waals surface area contributed by atoms with E-state index in [0.29, 0.717) is 6.42 Å². The lowest BCUT2D eigenvalue weighted by Crippen LogP contribution is -2.41. The molecule has 1 fully saturated rings. The Morgan fingerprint density at radius 3 is 2.67 bits per heavy atom. The van der Waals surface area contributed by atoms with Gasteiger partial charge in [-0.25, -0.2) is 4.79 Å². The normalized spacial score (nSPS) is 22.6. The minimum Gasteiger partial charge on any atom is -0.480 e. The SMILES string of the molecule is CC(=O)N1c2ccccc2CC1C(=O)O.NC1CCCCNC1=O. The molecule has 0 radical (unpaired) electrons. The molecule has 3 rings (SSSR count). The van der Waals surface area contributed by atoms with E-state index in [1.54, 1.807) is 12.1 Å². The first-order valence-electron chi connectivity index (χ1n) is 8.05. The molecule has 1 saturated heterocycles. The molecular formula is C17H23N3O4. The second-order valence-corrected chi connectivity index (χ2v) is 5.97. The highest BCUT2D eigenvalue weighted by molar-refractivity contribution is 6.00. The lowest BCUT2D eigenvalue weighted by Gasteiger charge is -2.20. The molecule has 24 heavy (non-hydrogen) atoms. The molecule has 2 atom stereocenters. The van der Waals surface area contributed by atoms with E-state index in [-0.39, 0.29) is 17.9 Å². The van der Waals surface area contributed by atoms with Crippen LogP contribution in [0, 0.1) is 0 Å². The number of aliphatic carboxylic acids is 1. The lowest BCUT2D eigenvalue weighted by molar-refractivity contribution is -0.139. The van der Waals surface area contributed by atoms with Gasteiger partial charge < -0.3 is 16.2 Å². The van der Waals surface area contributed by atoms with Crippen LogP contribution in [0.1, 0.15) is 31.7 Å². The van der Waals surface area contributed by atoms with Crippen LogP contribution >= 0.6 is 0 Å². The number of carbonyl (C=O) groups is 3. The first-order chi connectivity index (χ1) is 11.4. The van der Waals surface area contributed by atoms with Gasteiger partial charge in [-0.05, 0) is 30.9 Å². The molecule has 0 saturated carbocycles. The monoisotopic (exact) mass is 333 g/mol. The summed E-state index contributed by atoms with van der Waals surface area (Å²) in [5.41, 5.74) is 7.10. The Labute approximate surface area is 140 Å². The van der Waals surface area contributed by atoms with E-state index >= 15 is 0 Å². The number of hydrogen-bond donors (Lipinski definition) is 3. The first kappa shape index (κ1) is 17.9. The van der Waals surface area contributed by atoms with Gasteiger partial charge in [0.05, 0.1) is 6.04 Å². The van der Waals surface area contributed by atoms with Crippen molar-refractivity contribution < 1.29 is 19.5 Å². The maximum Gasteiger partial charge on any atom is 0.327 e. The predicted molar refractivity (Wildman–Crippen MR) is 89.6 cm³/mol. The summed E-state index contributed by atoms with van der Waals surface area (Å²) >= 11 is 0. The smallest absolute Gasteiger partial charge is 0.327 e. The van der Waals surface area contributed by atoms with Crippen LogP contribution in [-0.4, -0.2) is 41.5 Å². The molecule has 7 heteroatoms. The van der Waals surface area contributed by atoms with Crippen LogP contribution in [0.2, 0.25) is 0 Å². The summed E-state index contributed by atoms with van der Waals surface area (Å²) in [7, 11) is 0. The highest BCUT2D eigenvalue weighted by Crippen LogP contribution is 2.31. The highest BCUT2D eigenvalue weighted by atomic mass is 16.4. The molecule has 0 aliphatic carbocycles. The fourth-order valence-corrected chi connectivity index (χ4v) is 2.94. The van der Waals surface area contributed by atoms with Crippen LogP contribution in [0.15, 0.2) is 24.3 Å². The van der Waals surface area contributed by atoms with Gasteiger partial charge in [0.2, 0.25) is 11.8 Å². The number of benzene rings is 1. The number of carbonyl (C=O) groups excluding carboxylic acids is 2. The Balaban J connectivity index is 0.000000198. The van der Waals surface area contributed by atoms with Crippen molar-refractivity contribution in [2.75, 3.05) is 11.4 Å². The van der Waals surface area contributed by atoms with Crippen molar-refractivity contribution in [3.63, 3.8) is 0 Å². The van der Waals surface area contributed by atoms with Crippen LogP contribution < -0.4 is 16.0 Å². The van der Waals surface area contributed by atoms with Crippen molar-refractivity contribution >= 4 is 23.5 Å². The van der Waals surface area contributed by atoms with Gasteiger partial charge in [-0.3, -0.25) is 14.5 Å². The standard InChI is InChI=1S/C11H11NO3.C6H12N2O/c1-7(13)12-9-5-3-2-4-8(9)6-10(12)11(14)15;7-5-3-1-2-4-8-6(5)9/h2-5,10H,6H2,1H3,(H,14,15);5H,1-4,7H2,(H,8,9). The number of nitrogens with one attached hydrogen (secondary N) is 1. The average Bonchev–Trinajstić information content (AvgIpc) is 2.85. The summed E-state index contributed by atoms with van der Waals surface area (Å²) in [6.45, 7) is 2.19. The third-order valence-corrected chi connectivity index (χ3v) is 4.18. The number of nitrogens with zero attached hydrogens (tertiary/aromatic N) is 1. The zero-order chi connectivity index (χ0) is 17.7. The zero-order valence-electron chi connectivity index (χ0n) is 13.7. The molecule has 1 aromatic rings. The molecule has 0 bridgehead atoms. The molecule has 130 valence electrons. The molecule has 2 unspecified atom stereocenters. The summed E-state index contributed by atoms with van der Waals surface area (Å²) in [5, 5.41) is 11.7. The van der Waals surface area contributed by atoms with E-state index in [2.05, 4.69) is 5.32 Å². The van der Waals surface area contributed by atoms with E-state index in [9.17, 15) is 14.4 Å². The van der Waals surface area contributed by atoms with Gasteiger partial charge in [-0.2, -0.15) is 0 Å². The van der Waals surface area contributed by atoms with E-state index in [1.807, 2.05) is 12.1 Å². The number of para-hydroxylation sites is 1. The van der Waals surface area contributed by atoms with E-state index < -0.39 is 12.0 Å². The van der Waals surface area contributed by atoms with Gasteiger partial charge in [0.15, 0.2) is 0 Å². The molecular weight excluding hydrogens is 310 g/mol. The number of anilines is 1. The van der Waals surface area contributed by atoms with Gasteiger partial charge in [-0.1, -0.05) is 18.2 Å². The number of carboxylic acids is 1. The average molecular weight is 333 g/mol. The van der Waals surface area contributed by atoms with E-state index in [4.69, 9.17) is 10.8 Å². The van der Waals surface area contributed by atoms with Crippen LogP contribution in [0.25, 0.3) is 0 Å². The number of nitrogens with two attached hydrogens (primary N) is 1. The second kappa shape index (κ2) is 7.92. The van der Waals surface area contributed by atoms with E-state index in [1.165, 1.54) is 11.8 Å². The maximum atomic E-state index is 11.4.